The van der Waals surface area contributed by atoms with Crippen LogP contribution in [0.5, 0.6) is 0 Å². The summed E-state index contributed by atoms with van der Waals surface area (Å²) in [4.78, 5) is 0. The molecule has 0 fully saturated rings. The van der Waals surface area contributed by atoms with Crippen LogP contribution >= 0.6 is 0 Å². The van der Waals surface area contributed by atoms with Gasteiger partial charge in [0.15, 0.2) is 0 Å². The SMILES string of the molecule is CC1(C)c2c(-c3cccc(-c4c5ccccc5c(-c5ccc(-c6cccc7ccccc67)cc5)c5ccccc45)c3)cccc2-c2c1c1ccccc1c1ccccc21.CC1(C)c2c(-c3cccc(-c4c5ccccc5c(-c5ccccc5-c5cccc6ccccc56)c5ccccc45)c3)cccc2-c2c1c1ccccc1c1ccccc21. The molecule has 0 aromatic heterocycles. The maximum atomic E-state index is 2.45. The van der Waals surface area contributed by atoms with Crippen molar-refractivity contribution in [2.75, 3.05) is 0 Å². The molecule has 118 heavy (non-hydrogen) atoms. The summed E-state index contributed by atoms with van der Waals surface area (Å²) in [5.41, 5.74) is 30.9. The Morgan fingerprint density at radius 1 is 0.127 bits per heavy atom. The average Bonchev–Trinajstić information content (AvgIpc) is 1.53. The fourth-order valence-corrected chi connectivity index (χ4v) is 21.6. The van der Waals surface area contributed by atoms with Crippen molar-refractivity contribution < 1.29 is 0 Å². The molecule has 0 saturated carbocycles. The van der Waals surface area contributed by atoms with Crippen molar-refractivity contribution in [3.05, 3.63) is 435 Å². The molecule has 22 aromatic carbocycles. The Balaban J connectivity index is 0.000000138. The Hall–Kier alpha value is -14.6. The predicted octanol–water partition coefficient (Wildman–Crippen LogP) is 32.9. The van der Waals surface area contributed by atoms with Crippen LogP contribution in [0.1, 0.15) is 49.9 Å². The standard InChI is InChI=1S/2C59H40/c1-59(2)57-41(33-17-35-53(57)56-47-27-9-6-24-44(47)45-25-7-14-32-52(45)58(56)59)38-20-15-21-39(36-38)54-48-28-10-12-30-50(48)55(51-31-13-11-29-49(51)54)46-26-8-5-23-43(46)42-34-16-19-37-18-3-4-22-40(37)42;1-59(2)57-44(30-15-31-53(57)56-47-23-7-5-21-45(47)46-22-6-12-28-52(46)58(56)59)40-18-13-19-41(36-40)55-50-26-10-8-24-48(50)54(49-25-9-11-27-51(49)55)39-34-32-38(33-35-39)43-29-14-17-37-16-3-4-20-42(37)43/h2*3-36H,1-2H3. The molecule has 0 spiro atoms. The quantitative estimate of drug-likeness (QED) is 0.105. The zero-order chi connectivity index (χ0) is 78.5. The van der Waals surface area contributed by atoms with Gasteiger partial charge in [-0.15, -0.1) is 0 Å². The van der Waals surface area contributed by atoms with Crippen molar-refractivity contribution in [3.8, 4) is 111 Å². The maximum Gasteiger partial charge on any atom is 0.0171 e. The highest BCUT2D eigenvalue weighted by Crippen LogP contribution is 2.60. The average molecular weight is 1500 g/mol. The second kappa shape index (κ2) is 27.0. The highest BCUT2D eigenvalue weighted by atomic mass is 14.4. The largest absolute Gasteiger partial charge is 0.0616 e. The van der Waals surface area contributed by atoms with E-state index in [1.807, 2.05) is 0 Å². The lowest BCUT2D eigenvalue weighted by atomic mass is 9.76. The van der Waals surface area contributed by atoms with E-state index >= 15 is 0 Å². The third-order valence-electron chi connectivity index (χ3n) is 26.4. The molecular formula is C118H80. The van der Waals surface area contributed by atoms with Crippen molar-refractivity contribution in [2.24, 2.45) is 0 Å². The normalized spacial score (nSPS) is 13.1. The van der Waals surface area contributed by atoms with Crippen molar-refractivity contribution in [2.45, 2.75) is 38.5 Å². The summed E-state index contributed by atoms with van der Waals surface area (Å²) in [5, 5.41) is 25.8. The van der Waals surface area contributed by atoms with E-state index in [2.05, 4.69) is 440 Å². The van der Waals surface area contributed by atoms with Gasteiger partial charge in [0.1, 0.15) is 0 Å². The highest BCUT2D eigenvalue weighted by Gasteiger charge is 2.42. The van der Waals surface area contributed by atoms with Crippen LogP contribution in [0.2, 0.25) is 0 Å². The second-order valence-corrected chi connectivity index (χ2v) is 33.4. The molecule has 22 aromatic rings. The third-order valence-corrected chi connectivity index (χ3v) is 26.4. The molecule has 0 amide bonds. The Kier molecular flexibility index (Phi) is 15.8. The summed E-state index contributed by atoms with van der Waals surface area (Å²) in [7, 11) is 0. The summed E-state index contributed by atoms with van der Waals surface area (Å²) in [6.45, 7) is 9.73. The lowest BCUT2D eigenvalue weighted by Crippen LogP contribution is -2.17. The molecule has 0 unspecified atom stereocenters. The summed E-state index contributed by atoms with van der Waals surface area (Å²) in [5.74, 6) is 0. The number of fused-ring (bicyclic) bond motifs is 22. The monoisotopic (exact) mass is 1500 g/mol. The first-order chi connectivity index (χ1) is 58.1. The third kappa shape index (κ3) is 10.5. The van der Waals surface area contributed by atoms with Crippen molar-refractivity contribution >= 4 is 108 Å². The van der Waals surface area contributed by atoms with Gasteiger partial charge in [0.05, 0.1) is 0 Å². The first-order valence-corrected chi connectivity index (χ1v) is 41.5. The van der Waals surface area contributed by atoms with Crippen LogP contribution in [0.4, 0.5) is 0 Å². The van der Waals surface area contributed by atoms with Crippen molar-refractivity contribution in [1.29, 1.82) is 0 Å². The van der Waals surface area contributed by atoms with Gasteiger partial charge < -0.3 is 0 Å². The minimum absolute atomic E-state index is 0.203. The zero-order valence-corrected chi connectivity index (χ0v) is 66.3. The lowest BCUT2D eigenvalue weighted by Gasteiger charge is -2.26. The summed E-state index contributed by atoms with van der Waals surface area (Å²) >= 11 is 0. The van der Waals surface area contributed by atoms with E-state index < -0.39 is 0 Å². The molecule has 0 atom stereocenters. The van der Waals surface area contributed by atoms with Crippen LogP contribution in [0.25, 0.3) is 219 Å². The predicted molar refractivity (Wildman–Crippen MR) is 507 cm³/mol. The van der Waals surface area contributed by atoms with Gasteiger partial charge in [0.25, 0.3) is 0 Å². The Morgan fingerprint density at radius 2 is 0.373 bits per heavy atom. The van der Waals surface area contributed by atoms with Crippen LogP contribution in [0.3, 0.4) is 0 Å². The minimum atomic E-state index is -0.209. The molecule has 2 aliphatic carbocycles. The summed E-state index contributed by atoms with van der Waals surface area (Å²) < 4.78 is 0. The fourth-order valence-electron chi connectivity index (χ4n) is 21.6. The first kappa shape index (κ1) is 69.0. The van der Waals surface area contributed by atoms with Gasteiger partial charge in [0, 0.05) is 10.8 Å². The van der Waals surface area contributed by atoms with Gasteiger partial charge in [-0.3, -0.25) is 0 Å². The molecule has 0 N–H and O–H groups in total. The van der Waals surface area contributed by atoms with Gasteiger partial charge in [0.2, 0.25) is 0 Å². The van der Waals surface area contributed by atoms with Crippen molar-refractivity contribution in [3.63, 3.8) is 0 Å². The van der Waals surface area contributed by atoms with E-state index in [0.29, 0.717) is 0 Å². The summed E-state index contributed by atoms with van der Waals surface area (Å²) in [6.07, 6.45) is 0. The van der Waals surface area contributed by atoms with Crippen LogP contribution < -0.4 is 0 Å². The van der Waals surface area contributed by atoms with Crippen molar-refractivity contribution in [1.82, 2.24) is 0 Å². The molecule has 0 nitrogen and oxygen atoms in total. The number of hydrogen-bond donors (Lipinski definition) is 0. The van der Waals surface area contributed by atoms with Crippen LogP contribution in [0, 0.1) is 0 Å². The van der Waals surface area contributed by atoms with Gasteiger partial charge in [-0.2, -0.15) is 0 Å². The topological polar surface area (TPSA) is 0 Å². The van der Waals surface area contributed by atoms with E-state index in [0.717, 1.165) is 0 Å². The van der Waals surface area contributed by atoms with Gasteiger partial charge in [-0.25, -0.2) is 0 Å². The van der Waals surface area contributed by atoms with Gasteiger partial charge in [-0.1, -0.05) is 428 Å². The first-order valence-electron chi connectivity index (χ1n) is 41.5. The van der Waals surface area contributed by atoms with E-state index in [9.17, 15) is 0 Å². The second-order valence-electron chi connectivity index (χ2n) is 33.4. The molecule has 2 aliphatic rings. The number of hydrogen-bond acceptors (Lipinski definition) is 0. The minimum Gasteiger partial charge on any atom is -0.0616 e. The fraction of sp³-hybridized carbons (Fsp3) is 0.0508. The Morgan fingerprint density at radius 3 is 0.788 bits per heavy atom. The van der Waals surface area contributed by atoms with E-state index in [4.69, 9.17) is 0 Å². The molecule has 0 aliphatic heterocycles. The molecule has 0 radical (unpaired) electrons. The zero-order valence-electron chi connectivity index (χ0n) is 66.3. The van der Waals surface area contributed by atoms with E-state index in [1.165, 1.54) is 241 Å². The van der Waals surface area contributed by atoms with E-state index in [-0.39, 0.29) is 10.8 Å². The summed E-state index contributed by atoms with van der Waals surface area (Å²) in [6, 6.07) is 153. The van der Waals surface area contributed by atoms with Gasteiger partial charge in [-0.05, 0) is 253 Å². The molecule has 0 bridgehead atoms. The highest BCUT2D eigenvalue weighted by molar-refractivity contribution is 6.26. The van der Waals surface area contributed by atoms with Crippen LogP contribution in [-0.2, 0) is 10.8 Å². The maximum absolute atomic E-state index is 2.45. The number of benzene rings is 22. The van der Waals surface area contributed by atoms with Gasteiger partial charge >= 0.3 is 0 Å². The number of rotatable bonds is 8. The molecular weight excluding hydrogens is 1420 g/mol. The van der Waals surface area contributed by atoms with Crippen LogP contribution in [-0.4, -0.2) is 0 Å². The molecule has 24 rings (SSSR count). The molecule has 0 heterocycles. The molecule has 0 saturated heterocycles. The Labute approximate surface area is 687 Å². The Bertz CT molecular complexity index is 7850. The smallest absolute Gasteiger partial charge is 0.0171 e. The van der Waals surface area contributed by atoms with Crippen LogP contribution in [0.15, 0.2) is 413 Å². The molecule has 552 valence electrons. The molecule has 0 heteroatoms. The van der Waals surface area contributed by atoms with E-state index in [1.54, 1.807) is 0 Å². The lowest BCUT2D eigenvalue weighted by molar-refractivity contribution is 0.668.